The van der Waals surface area contributed by atoms with Gasteiger partial charge in [-0.05, 0) is 24.1 Å². The van der Waals surface area contributed by atoms with Crippen molar-refractivity contribution < 1.29 is 22.6 Å². The molecule has 7 heteroatoms. The standard InChI is InChI=1S/C13H15F3N2O2/c14-13(15,16)12-7-9(17-18-12)8-2-3-10-11(6-8)20-5-1-4-19-10/h2-3,6,9,12,17-18H,1,4-5,7H2. The molecule has 0 saturated carbocycles. The highest BCUT2D eigenvalue weighted by molar-refractivity contribution is 5.44. The van der Waals surface area contributed by atoms with Crippen molar-refractivity contribution in [2.45, 2.75) is 31.1 Å². The Bertz CT molecular complexity index is 493. The first-order valence-corrected chi connectivity index (χ1v) is 6.51. The predicted octanol–water partition coefficient (Wildman–Crippen LogP) is 2.32. The number of rotatable bonds is 1. The lowest BCUT2D eigenvalue weighted by atomic mass is 10.0. The SMILES string of the molecule is FC(F)(F)C1CC(c2ccc3c(c2)OCCCO3)NN1. The van der Waals surface area contributed by atoms with Crippen molar-refractivity contribution in [3.8, 4) is 11.5 Å². The number of hydrazine groups is 1. The third-order valence-corrected chi connectivity index (χ3v) is 3.47. The van der Waals surface area contributed by atoms with Crippen LogP contribution in [0, 0.1) is 0 Å². The fourth-order valence-electron chi connectivity index (χ4n) is 2.39. The molecule has 0 aliphatic carbocycles. The molecular formula is C13H15F3N2O2. The second kappa shape index (κ2) is 5.14. The number of hydrogen-bond donors (Lipinski definition) is 2. The minimum Gasteiger partial charge on any atom is -0.490 e. The van der Waals surface area contributed by atoms with Crippen molar-refractivity contribution >= 4 is 0 Å². The van der Waals surface area contributed by atoms with Crippen molar-refractivity contribution in [2.75, 3.05) is 13.2 Å². The second-order valence-corrected chi connectivity index (χ2v) is 4.93. The van der Waals surface area contributed by atoms with Crippen LogP contribution in [0.4, 0.5) is 13.2 Å². The Hall–Kier alpha value is -1.47. The van der Waals surface area contributed by atoms with Gasteiger partial charge >= 0.3 is 6.18 Å². The van der Waals surface area contributed by atoms with Crippen molar-refractivity contribution in [3.63, 3.8) is 0 Å². The Morgan fingerprint density at radius 1 is 1.05 bits per heavy atom. The fourth-order valence-corrected chi connectivity index (χ4v) is 2.39. The zero-order valence-electron chi connectivity index (χ0n) is 10.7. The summed E-state index contributed by atoms with van der Waals surface area (Å²) >= 11 is 0. The van der Waals surface area contributed by atoms with Gasteiger partial charge in [-0.15, -0.1) is 0 Å². The molecule has 2 N–H and O–H groups in total. The van der Waals surface area contributed by atoms with Crippen LogP contribution in [0.5, 0.6) is 11.5 Å². The van der Waals surface area contributed by atoms with Crippen LogP contribution < -0.4 is 20.3 Å². The normalized spacial score (nSPS) is 26.4. The van der Waals surface area contributed by atoms with E-state index >= 15 is 0 Å². The van der Waals surface area contributed by atoms with E-state index in [-0.39, 0.29) is 6.42 Å². The number of hydrogen-bond acceptors (Lipinski definition) is 4. The van der Waals surface area contributed by atoms with Crippen molar-refractivity contribution in [3.05, 3.63) is 23.8 Å². The number of benzene rings is 1. The first kappa shape index (κ1) is 13.5. The van der Waals surface area contributed by atoms with Gasteiger partial charge in [0.25, 0.3) is 0 Å². The van der Waals surface area contributed by atoms with Gasteiger partial charge in [0.2, 0.25) is 0 Å². The average Bonchev–Trinajstić information content (AvgIpc) is 2.78. The third-order valence-electron chi connectivity index (χ3n) is 3.47. The molecule has 2 atom stereocenters. The molecule has 0 bridgehead atoms. The van der Waals surface area contributed by atoms with Crippen LogP contribution in [0.3, 0.4) is 0 Å². The first-order chi connectivity index (χ1) is 9.54. The maximum atomic E-state index is 12.6. The predicted molar refractivity (Wildman–Crippen MR) is 65.5 cm³/mol. The molecule has 0 amide bonds. The lowest BCUT2D eigenvalue weighted by molar-refractivity contribution is -0.153. The molecule has 2 heterocycles. The van der Waals surface area contributed by atoms with Crippen LogP contribution in [0.25, 0.3) is 0 Å². The maximum absolute atomic E-state index is 12.6. The summed E-state index contributed by atoms with van der Waals surface area (Å²) in [5.74, 6) is 1.24. The summed E-state index contributed by atoms with van der Waals surface area (Å²) in [4.78, 5) is 0. The van der Waals surface area contributed by atoms with Crippen molar-refractivity contribution in [2.24, 2.45) is 0 Å². The van der Waals surface area contributed by atoms with Crippen LogP contribution in [-0.4, -0.2) is 25.4 Å². The van der Waals surface area contributed by atoms with E-state index in [1.54, 1.807) is 18.2 Å². The Labute approximate surface area is 114 Å². The van der Waals surface area contributed by atoms with E-state index in [1.807, 2.05) is 0 Å². The molecule has 0 radical (unpaired) electrons. The van der Waals surface area contributed by atoms with E-state index in [2.05, 4.69) is 10.9 Å². The quantitative estimate of drug-likeness (QED) is 0.832. The molecule has 1 aromatic carbocycles. The number of fused-ring (bicyclic) bond motifs is 1. The Kier molecular flexibility index (Phi) is 3.47. The van der Waals surface area contributed by atoms with Gasteiger partial charge in [0.1, 0.15) is 6.04 Å². The highest BCUT2D eigenvalue weighted by atomic mass is 19.4. The molecule has 1 saturated heterocycles. The Morgan fingerprint density at radius 2 is 1.80 bits per heavy atom. The fraction of sp³-hybridized carbons (Fsp3) is 0.538. The van der Waals surface area contributed by atoms with Crippen molar-refractivity contribution in [1.82, 2.24) is 10.9 Å². The molecule has 2 aliphatic heterocycles. The summed E-state index contributed by atoms with van der Waals surface area (Å²) in [6.45, 7) is 1.14. The monoisotopic (exact) mass is 288 g/mol. The molecule has 0 spiro atoms. The van der Waals surface area contributed by atoms with E-state index in [0.29, 0.717) is 24.7 Å². The van der Waals surface area contributed by atoms with Gasteiger partial charge < -0.3 is 9.47 Å². The maximum Gasteiger partial charge on any atom is 0.405 e. The highest BCUT2D eigenvalue weighted by Crippen LogP contribution is 2.36. The zero-order chi connectivity index (χ0) is 14.2. The van der Waals surface area contributed by atoms with Crippen LogP contribution in [0.1, 0.15) is 24.4 Å². The number of alkyl halides is 3. The van der Waals surface area contributed by atoms with Gasteiger partial charge in [-0.2, -0.15) is 13.2 Å². The molecule has 2 aliphatic rings. The van der Waals surface area contributed by atoms with Gasteiger partial charge in [-0.3, -0.25) is 0 Å². The topological polar surface area (TPSA) is 42.5 Å². The summed E-state index contributed by atoms with van der Waals surface area (Å²) in [6, 6.07) is 3.35. The van der Waals surface area contributed by atoms with Gasteiger partial charge in [-0.25, -0.2) is 10.9 Å². The summed E-state index contributed by atoms with van der Waals surface area (Å²) in [5, 5.41) is 0. The van der Waals surface area contributed by atoms with Crippen LogP contribution in [-0.2, 0) is 0 Å². The Balaban J connectivity index is 1.77. The molecule has 4 nitrogen and oxygen atoms in total. The average molecular weight is 288 g/mol. The second-order valence-electron chi connectivity index (χ2n) is 4.93. The van der Waals surface area contributed by atoms with E-state index in [4.69, 9.17) is 9.47 Å². The molecule has 1 aromatic rings. The minimum absolute atomic E-state index is 0.0385. The summed E-state index contributed by atoms with van der Waals surface area (Å²) in [7, 11) is 0. The van der Waals surface area contributed by atoms with E-state index in [1.165, 1.54) is 0 Å². The van der Waals surface area contributed by atoms with Gasteiger partial charge in [0.15, 0.2) is 11.5 Å². The van der Waals surface area contributed by atoms with Gasteiger partial charge in [-0.1, -0.05) is 6.07 Å². The van der Waals surface area contributed by atoms with Gasteiger partial charge in [0.05, 0.1) is 13.2 Å². The molecule has 110 valence electrons. The molecule has 3 rings (SSSR count). The lowest BCUT2D eigenvalue weighted by Gasteiger charge is -2.14. The molecular weight excluding hydrogens is 273 g/mol. The van der Waals surface area contributed by atoms with Crippen molar-refractivity contribution in [1.29, 1.82) is 0 Å². The number of ether oxygens (including phenoxy) is 2. The highest BCUT2D eigenvalue weighted by Gasteiger charge is 2.44. The first-order valence-electron chi connectivity index (χ1n) is 6.51. The molecule has 2 unspecified atom stereocenters. The van der Waals surface area contributed by atoms with Crippen LogP contribution >= 0.6 is 0 Å². The molecule has 20 heavy (non-hydrogen) atoms. The molecule has 0 aromatic heterocycles. The zero-order valence-corrected chi connectivity index (χ0v) is 10.7. The molecule has 1 fully saturated rings. The smallest absolute Gasteiger partial charge is 0.405 e. The third kappa shape index (κ3) is 2.69. The lowest BCUT2D eigenvalue weighted by Crippen LogP contribution is -2.40. The van der Waals surface area contributed by atoms with E-state index in [0.717, 1.165) is 12.0 Å². The summed E-state index contributed by atoms with van der Waals surface area (Å²) < 4.78 is 48.9. The Morgan fingerprint density at radius 3 is 2.50 bits per heavy atom. The van der Waals surface area contributed by atoms with Crippen LogP contribution in [0.2, 0.25) is 0 Å². The van der Waals surface area contributed by atoms with Gasteiger partial charge in [0, 0.05) is 12.5 Å². The number of halogens is 3. The van der Waals surface area contributed by atoms with Crippen LogP contribution in [0.15, 0.2) is 18.2 Å². The summed E-state index contributed by atoms with van der Waals surface area (Å²) in [5.41, 5.74) is 5.73. The minimum atomic E-state index is -4.24. The largest absolute Gasteiger partial charge is 0.490 e. The van der Waals surface area contributed by atoms with E-state index in [9.17, 15) is 13.2 Å². The summed E-state index contributed by atoms with van der Waals surface area (Å²) in [6.07, 6.45) is -3.49. The van der Waals surface area contributed by atoms with E-state index < -0.39 is 18.3 Å². The number of nitrogens with one attached hydrogen (secondary N) is 2.